The number of phenols is 1. The SMILES string of the molecule is CC.CCOC(=O)C(C(=O)c1ccc(C#N)cc1C)c1ccc(O)cc1. The number of Topliss-reactive ketones (excluding diaryl/α,β-unsaturated/α-hetero) is 1. The van der Waals surface area contributed by atoms with E-state index in [0.717, 1.165) is 0 Å². The third-order valence-corrected chi connectivity index (χ3v) is 3.63. The molecule has 2 aromatic carbocycles. The summed E-state index contributed by atoms with van der Waals surface area (Å²) in [7, 11) is 0. The first-order chi connectivity index (χ1) is 12.5. The summed E-state index contributed by atoms with van der Waals surface area (Å²) >= 11 is 0. The number of ketones is 1. The Labute approximate surface area is 153 Å². The van der Waals surface area contributed by atoms with Gasteiger partial charge in [-0.25, -0.2) is 0 Å². The largest absolute Gasteiger partial charge is 0.508 e. The maximum atomic E-state index is 12.9. The van der Waals surface area contributed by atoms with Crippen LogP contribution in [-0.2, 0) is 9.53 Å². The summed E-state index contributed by atoms with van der Waals surface area (Å²) < 4.78 is 5.04. The summed E-state index contributed by atoms with van der Waals surface area (Å²) in [6, 6.07) is 12.6. The molecule has 1 N–H and O–H groups in total. The van der Waals surface area contributed by atoms with Gasteiger partial charge in [-0.1, -0.05) is 26.0 Å². The van der Waals surface area contributed by atoms with Gasteiger partial charge in [0, 0.05) is 5.56 Å². The number of aromatic hydroxyl groups is 1. The van der Waals surface area contributed by atoms with Crippen molar-refractivity contribution < 1.29 is 19.4 Å². The van der Waals surface area contributed by atoms with Gasteiger partial charge < -0.3 is 9.84 Å². The van der Waals surface area contributed by atoms with Gasteiger partial charge in [0.15, 0.2) is 5.78 Å². The van der Waals surface area contributed by atoms with Gasteiger partial charge in [0.1, 0.15) is 11.7 Å². The summed E-state index contributed by atoms with van der Waals surface area (Å²) in [5.41, 5.74) is 1.87. The molecule has 1 atom stereocenters. The van der Waals surface area contributed by atoms with Gasteiger partial charge in [-0.3, -0.25) is 9.59 Å². The molecular weight excluding hydrogens is 330 g/mol. The van der Waals surface area contributed by atoms with E-state index in [2.05, 4.69) is 0 Å². The standard InChI is InChI=1S/C19H17NO4.C2H6/c1-3-24-19(23)17(14-5-7-15(21)8-6-14)18(22)16-9-4-13(11-20)10-12(16)2;1-2/h4-10,17,21H,3H2,1-2H3;1-2H3. The Balaban J connectivity index is 0.00000163. The average molecular weight is 353 g/mol. The van der Waals surface area contributed by atoms with E-state index in [1.807, 2.05) is 19.9 Å². The van der Waals surface area contributed by atoms with Crippen molar-refractivity contribution in [1.82, 2.24) is 0 Å². The molecule has 5 nitrogen and oxygen atoms in total. The monoisotopic (exact) mass is 353 g/mol. The van der Waals surface area contributed by atoms with Gasteiger partial charge in [-0.15, -0.1) is 0 Å². The number of ether oxygens (including phenoxy) is 1. The lowest BCUT2D eigenvalue weighted by molar-refractivity contribution is -0.143. The summed E-state index contributed by atoms with van der Waals surface area (Å²) in [5.74, 6) is -2.11. The smallest absolute Gasteiger partial charge is 0.321 e. The van der Waals surface area contributed by atoms with Crippen LogP contribution in [0.5, 0.6) is 5.75 Å². The van der Waals surface area contributed by atoms with Gasteiger partial charge in [0.2, 0.25) is 0 Å². The summed E-state index contributed by atoms with van der Waals surface area (Å²) in [5, 5.41) is 18.3. The molecule has 0 aromatic heterocycles. The zero-order chi connectivity index (χ0) is 19.7. The minimum Gasteiger partial charge on any atom is -0.508 e. The van der Waals surface area contributed by atoms with E-state index in [1.54, 1.807) is 32.0 Å². The van der Waals surface area contributed by atoms with Crippen molar-refractivity contribution in [2.45, 2.75) is 33.6 Å². The predicted octanol–water partition coefficient (Wildman–Crippen LogP) is 4.13. The van der Waals surface area contributed by atoms with E-state index >= 15 is 0 Å². The molecule has 26 heavy (non-hydrogen) atoms. The fourth-order valence-corrected chi connectivity index (χ4v) is 2.45. The molecule has 0 aliphatic carbocycles. The number of hydrogen-bond acceptors (Lipinski definition) is 5. The maximum absolute atomic E-state index is 12.9. The summed E-state index contributed by atoms with van der Waals surface area (Å²) in [4.78, 5) is 25.2. The van der Waals surface area contributed by atoms with Crippen LogP contribution in [0.2, 0.25) is 0 Å². The number of rotatable bonds is 5. The quantitative estimate of drug-likeness (QED) is 0.496. The van der Waals surface area contributed by atoms with Crippen LogP contribution in [0, 0.1) is 18.3 Å². The van der Waals surface area contributed by atoms with Crippen molar-refractivity contribution in [3.63, 3.8) is 0 Å². The molecule has 0 saturated carbocycles. The van der Waals surface area contributed by atoms with Crippen LogP contribution in [0.1, 0.15) is 53.7 Å². The van der Waals surface area contributed by atoms with Crippen molar-refractivity contribution >= 4 is 11.8 Å². The molecule has 2 rings (SSSR count). The first-order valence-corrected chi connectivity index (χ1v) is 8.48. The van der Waals surface area contributed by atoms with Crippen LogP contribution in [0.3, 0.4) is 0 Å². The Kier molecular flexibility index (Phi) is 8.04. The highest BCUT2D eigenvalue weighted by atomic mass is 16.5. The molecule has 2 aromatic rings. The number of esters is 1. The normalized spacial score (nSPS) is 10.7. The highest BCUT2D eigenvalue weighted by molar-refractivity contribution is 6.13. The number of carbonyl (C=O) groups is 2. The molecule has 0 spiro atoms. The van der Waals surface area contributed by atoms with Crippen LogP contribution in [0.25, 0.3) is 0 Å². The second-order valence-electron chi connectivity index (χ2n) is 5.28. The third kappa shape index (κ3) is 4.93. The molecule has 0 heterocycles. The Hall–Kier alpha value is -3.13. The second-order valence-corrected chi connectivity index (χ2v) is 5.28. The van der Waals surface area contributed by atoms with Gasteiger partial charge >= 0.3 is 5.97 Å². The second kappa shape index (κ2) is 10.00. The number of hydrogen-bond donors (Lipinski definition) is 1. The van der Waals surface area contributed by atoms with Crippen LogP contribution >= 0.6 is 0 Å². The molecular formula is C21H23NO4. The highest BCUT2D eigenvalue weighted by Gasteiger charge is 2.31. The fourth-order valence-electron chi connectivity index (χ4n) is 2.45. The first-order valence-electron chi connectivity index (χ1n) is 8.48. The van der Waals surface area contributed by atoms with Gasteiger partial charge in [-0.2, -0.15) is 5.26 Å². The van der Waals surface area contributed by atoms with E-state index in [1.165, 1.54) is 24.3 Å². The Morgan fingerprint density at radius 1 is 1.15 bits per heavy atom. The van der Waals surface area contributed by atoms with Crippen LogP contribution in [-0.4, -0.2) is 23.5 Å². The molecule has 0 saturated heterocycles. The molecule has 0 amide bonds. The van der Waals surface area contributed by atoms with Crippen molar-refractivity contribution in [3.8, 4) is 11.8 Å². The number of benzene rings is 2. The lowest BCUT2D eigenvalue weighted by atomic mass is 9.88. The lowest BCUT2D eigenvalue weighted by Gasteiger charge is -2.16. The molecule has 136 valence electrons. The predicted molar refractivity (Wildman–Crippen MR) is 99.1 cm³/mol. The van der Waals surface area contributed by atoms with Crippen molar-refractivity contribution in [1.29, 1.82) is 5.26 Å². The van der Waals surface area contributed by atoms with Crippen LogP contribution < -0.4 is 0 Å². The van der Waals surface area contributed by atoms with Crippen LogP contribution in [0.15, 0.2) is 42.5 Å². The maximum Gasteiger partial charge on any atom is 0.321 e. The Morgan fingerprint density at radius 2 is 1.77 bits per heavy atom. The summed E-state index contributed by atoms with van der Waals surface area (Å²) in [6.45, 7) is 7.55. The van der Waals surface area contributed by atoms with Crippen molar-refractivity contribution in [2.24, 2.45) is 0 Å². The number of aryl methyl sites for hydroxylation is 1. The minimum atomic E-state index is -1.11. The number of nitrogens with zero attached hydrogens (tertiary/aromatic N) is 1. The van der Waals surface area contributed by atoms with Crippen molar-refractivity contribution in [3.05, 3.63) is 64.7 Å². The van der Waals surface area contributed by atoms with E-state index in [0.29, 0.717) is 22.3 Å². The lowest BCUT2D eigenvalue weighted by Crippen LogP contribution is -2.25. The molecule has 5 heteroatoms. The number of carbonyl (C=O) groups excluding carboxylic acids is 2. The molecule has 0 bridgehead atoms. The highest BCUT2D eigenvalue weighted by Crippen LogP contribution is 2.26. The van der Waals surface area contributed by atoms with Crippen molar-refractivity contribution in [2.75, 3.05) is 6.61 Å². The van der Waals surface area contributed by atoms with Gasteiger partial charge in [0.25, 0.3) is 0 Å². The zero-order valence-corrected chi connectivity index (χ0v) is 15.4. The topological polar surface area (TPSA) is 87.4 Å². The molecule has 0 fully saturated rings. The van der Waals surface area contributed by atoms with Crippen LogP contribution in [0.4, 0.5) is 0 Å². The van der Waals surface area contributed by atoms with E-state index in [4.69, 9.17) is 10.00 Å². The Bertz CT molecular complexity index is 804. The Morgan fingerprint density at radius 3 is 2.27 bits per heavy atom. The van der Waals surface area contributed by atoms with E-state index in [-0.39, 0.29) is 12.4 Å². The molecule has 1 unspecified atom stereocenters. The van der Waals surface area contributed by atoms with E-state index < -0.39 is 17.7 Å². The molecule has 0 aliphatic rings. The van der Waals surface area contributed by atoms with Gasteiger partial charge in [0.05, 0.1) is 18.2 Å². The average Bonchev–Trinajstić information content (AvgIpc) is 2.65. The number of nitriles is 1. The first kappa shape index (κ1) is 20.9. The molecule has 0 aliphatic heterocycles. The van der Waals surface area contributed by atoms with Gasteiger partial charge in [-0.05, 0) is 55.3 Å². The summed E-state index contributed by atoms with van der Waals surface area (Å²) in [6.07, 6.45) is 0. The zero-order valence-electron chi connectivity index (χ0n) is 15.4. The number of phenolic OH excluding ortho intramolecular Hbond substituents is 1. The minimum absolute atomic E-state index is 0.0448. The van der Waals surface area contributed by atoms with E-state index in [9.17, 15) is 14.7 Å². The molecule has 0 radical (unpaired) electrons. The fraction of sp³-hybridized carbons (Fsp3) is 0.286. The third-order valence-electron chi connectivity index (χ3n) is 3.63.